The first-order valence-electron chi connectivity index (χ1n) is 7.96. The molecule has 2 heteroatoms. The maximum Gasteiger partial charge on any atom is 0.00670 e. The van der Waals surface area contributed by atoms with E-state index in [0.29, 0.717) is 12.1 Å². The van der Waals surface area contributed by atoms with Crippen LogP contribution in [-0.4, -0.2) is 25.2 Å². The SMILES string of the molecule is CCC(C)NC(CC)CCC(C)CNCC(C)C. The fraction of sp³-hybridized carbons (Fsp3) is 1.00. The highest BCUT2D eigenvalue weighted by Crippen LogP contribution is 2.10. The lowest BCUT2D eigenvalue weighted by molar-refractivity contribution is 0.362. The van der Waals surface area contributed by atoms with Gasteiger partial charge in [-0.05, 0) is 57.5 Å². The molecule has 0 saturated carbocycles. The third kappa shape index (κ3) is 9.90. The van der Waals surface area contributed by atoms with Gasteiger partial charge >= 0.3 is 0 Å². The molecule has 0 aliphatic carbocycles. The summed E-state index contributed by atoms with van der Waals surface area (Å²) in [5, 5.41) is 7.28. The van der Waals surface area contributed by atoms with Crippen molar-refractivity contribution in [3.05, 3.63) is 0 Å². The van der Waals surface area contributed by atoms with Crippen LogP contribution in [0.2, 0.25) is 0 Å². The Balaban J connectivity index is 3.69. The van der Waals surface area contributed by atoms with Gasteiger partial charge < -0.3 is 10.6 Å². The summed E-state index contributed by atoms with van der Waals surface area (Å²) in [6.45, 7) is 16.0. The summed E-state index contributed by atoms with van der Waals surface area (Å²) in [5.41, 5.74) is 0. The normalized spacial score (nSPS) is 16.8. The number of hydrogen-bond acceptors (Lipinski definition) is 2. The molecule has 0 aromatic rings. The molecule has 0 spiro atoms. The van der Waals surface area contributed by atoms with Crippen molar-refractivity contribution in [1.29, 1.82) is 0 Å². The zero-order valence-corrected chi connectivity index (χ0v) is 13.6. The van der Waals surface area contributed by atoms with E-state index in [1.54, 1.807) is 0 Å². The Morgan fingerprint density at radius 1 is 0.833 bits per heavy atom. The molecule has 0 rings (SSSR count). The van der Waals surface area contributed by atoms with Gasteiger partial charge in [0.15, 0.2) is 0 Å². The molecule has 0 saturated heterocycles. The molecule has 3 unspecified atom stereocenters. The molecular formula is C16H36N2. The molecule has 0 aromatic carbocycles. The van der Waals surface area contributed by atoms with E-state index in [1.165, 1.54) is 25.7 Å². The van der Waals surface area contributed by atoms with Gasteiger partial charge in [0.1, 0.15) is 0 Å². The Bertz CT molecular complexity index is 180. The summed E-state index contributed by atoms with van der Waals surface area (Å²) in [5.74, 6) is 1.55. The Kier molecular flexibility index (Phi) is 10.8. The largest absolute Gasteiger partial charge is 0.316 e. The maximum atomic E-state index is 3.73. The van der Waals surface area contributed by atoms with Crippen molar-refractivity contribution >= 4 is 0 Å². The van der Waals surface area contributed by atoms with Crippen LogP contribution in [0.3, 0.4) is 0 Å². The molecule has 2 N–H and O–H groups in total. The monoisotopic (exact) mass is 256 g/mol. The van der Waals surface area contributed by atoms with Crippen LogP contribution in [0.5, 0.6) is 0 Å². The van der Waals surface area contributed by atoms with Gasteiger partial charge in [-0.1, -0.05) is 34.6 Å². The van der Waals surface area contributed by atoms with Crippen molar-refractivity contribution < 1.29 is 0 Å². The van der Waals surface area contributed by atoms with Crippen molar-refractivity contribution in [1.82, 2.24) is 10.6 Å². The van der Waals surface area contributed by atoms with Gasteiger partial charge in [0, 0.05) is 12.1 Å². The van der Waals surface area contributed by atoms with Crippen LogP contribution >= 0.6 is 0 Å². The molecule has 0 aromatic heterocycles. The Hall–Kier alpha value is -0.0800. The molecule has 0 aliphatic heterocycles. The van der Waals surface area contributed by atoms with E-state index in [4.69, 9.17) is 0 Å². The number of hydrogen-bond donors (Lipinski definition) is 2. The molecule has 110 valence electrons. The molecule has 0 fully saturated rings. The summed E-state index contributed by atoms with van der Waals surface area (Å²) in [6.07, 6.45) is 5.11. The van der Waals surface area contributed by atoms with E-state index in [-0.39, 0.29) is 0 Å². The van der Waals surface area contributed by atoms with Gasteiger partial charge in [-0.25, -0.2) is 0 Å². The van der Waals surface area contributed by atoms with Crippen molar-refractivity contribution in [2.45, 2.75) is 79.3 Å². The second-order valence-corrected chi connectivity index (χ2v) is 6.32. The third-order valence-corrected chi connectivity index (χ3v) is 3.68. The highest BCUT2D eigenvalue weighted by Gasteiger charge is 2.11. The van der Waals surface area contributed by atoms with Gasteiger partial charge in [-0.3, -0.25) is 0 Å². The average molecular weight is 256 g/mol. The minimum absolute atomic E-state index is 0.657. The van der Waals surface area contributed by atoms with Gasteiger partial charge in [0.25, 0.3) is 0 Å². The zero-order valence-electron chi connectivity index (χ0n) is 13.6. The molecule has 3 atom stereocenters. The summed E-state index contributed by atoms with van der Waals surface area (Å²) in [4.78, 5) is 0. The standard InChI is InChI=1S/C16H36N2/c1-7-15(6)18-16(8-2)10-9-14(5)12-17-11-13(3)4/h13-18H,7-12H2,1-6H3. The van der Waals surface area contributed by atoms with Crippen molar-refractivity contribution in [2.24, 2.45) is 11.8 Å². The minimum Gasteiger partial charge on any atom is -0.316 e. The average Bonchev–Trinajstić information content (AvgIpc) is 2.33. The van der Waals surface area contributed by atoms with E-state index in [9.17, 15) is 0 Å². The predicted octanol–water partition coefficient (Wildman–Crippen LogP) is 3.82. The molecule has 18 heavy (non-hydrogen) atoms. The maximum absolute atomic E-state index is 3.73. The quantitative estimate of drug-likeness (QED) is 0.587. The van der Waals surface area contributed by atoms with Crippen molar-refractivity contribution in [3.63, 3.8) is 0 Å². The molecule has 0 radical (unpaired) electrons. The van der Waals surface area contributed by atoms with Gasteiger partial charge in [0.2, 0.25) is 0 Å². The lowest BCUT2D eigenvalue weighted by Crippen LogP contribution is -2.36. The molecule has 0 heterocycles. The fourth-order valence-corrected chi connectivity index (χ4v) is 2.13. The highest BCUT2D eigenvalue weighted by molar-refractivity contribution is 4.71. The van der Waals surface area contributed by atoms with Crippen molar-refractivity contribution in [2.75, 3.05) is 13.1 Å². The molecule has 0 bridgehead atoms. The second-order valence-electron chi connectivity index (χ2n) is 6.32. The van der Waals surface area contributed by atoms with Crippen LogP contribution in [-0.2, 0) is 0 Å². The fourth-order valence-electron chi connectivity index (χ4n) is 2.13. The number of nitrogens with one attached hydrogen (secondary N) is 2. The van der Waals surface area contributed by atoms with Crippen LogP contribution in [0.4, 0.5) is 0 Å². The smallest absolute Gasteiger partial charge is 0.00670 e. The van der Waals surface area contributed by atoms with E-state index < -0.39 is 0 Å². The van der Waals surface area contributed by atoms with Gasteiger partial charge in [0.05, 0.1) is 0 Å². The van der Waals surface area contributed by atoms with Gasteiger partial charge in [-0.15, -0.1) is 0 Å². The summed E-state index contributed by atoms with van der Waals surface area (Å²) < 4.78 is 0. The number of rotatable bonds is 11. The third-order valence-electron chi connectivity index (χ3n) is 3.68. The predicted molar refractivity (Wildman–Crippen MR) is 83.1 cm³/mol. The first kappa shape index (κ1) is 17.9. The summed E-state index contributed by atoms with van der Waals surface area (Å²) in [7, 11) is 0. The molecule has 0 aliphatic rings. The van der Waals surface area contributed by atoms with Crippen LogP contribution in [0.25, 0.3) is 0 Å². The first-order chi connectivity index (χ1) is 8.49. The first-order valence-corrected chi connectivity index (χ1v) is 7.96. The molecular weight excluding hydrogens is 220 g/mol. The van der Waals surface area contributed by atoms with Crippen LogP contribution < -0.4 is 10.6 Å². The minimum atomic E-state index is 0.657. The van der Waals surface area contributed by atoms with E-state index >= 15 is 0 Å². The Morgan fingerprint density at radius 3 is 2.00 bits per heavy atom. The molecule has 0 amide bonds. The van der Waals surface area contributed by atoms with Crippen molar-refractivity contribution in [3.8, 4) is 0 Å². The second kappa shape index (κ2) is 10.8. The lowest BCUT2D eigenvalue weighted by atomic mass is 9.99. The lowest BCUT2D eigenvalue weighted by Gasteiger charge is -2.23. The summed E-state index contributed by atoms with van der Waals surface area (Å²) >= 11 is 0. The Labute approximate surface area is 115 Å². The van der Waals surface area contributed by atoms with E-state index in [0.717, 1.165) is 24.9 Å². The zero-order chi connectivity index (χ0) is 14.0. The summed E-state index contributed by atoms with van der Waals surface area (Å²) in [6, 6.07) is 1.36. The van der Waals surface area contributed by atoms with Crippen LogP contribution in [0.15, 0.2) is 0 Å². The van der Waals surface area contributed by atoms with Crippen LogP contribution in [0, 0.1) is 11.8 Å². The topological polar surface area (TPSA) is 24.1 Å². The molecule has 2 nitrogen and oxygen atoms in total. The van der Waals surface area contributed by atoms with E-state index in [1.807, 2.05) is 0 Å². The van der Waals surface area contributed by atoms with Gasteiger partial charge in [-0.2, -0.15) is 0 Å². The Morgan fingerprint density at radius 2 is 1.50 bits per heavy atom. The van der Waals surface area contributed by atoms with Crippen LogP contribution in [0.1, 0.15) is 67.2 Å². The highest BCUT2D eigenvalue weighted by atomic mass is 14.9. The van der Waals surface area contributed by atoms with E-state index in [2.05, 4.69) is 52.2 Å².